The van der Waals surface area contributed by atoms with E-state index in [0.29, 0.717) is 22.5 Å². The fraction of sp³-hybridized carbons (Fsp3) is 0.696. The van der Waals surface area contributed by atoms with Crippen molar-refractivity contribution in [1.82, 2.24) is 4.98 Å². The van der Waals surface area contributed by atoms with Crippen molar-refractivity contribution in [2.24, 2.45) is 4.99 Å². The predicted octanol–water partition coefficient (Wildman–Crippen LogP) is 12.5. The molecule has 290 valence electrons. The number of hydrogen-bond acceptors (Lipinski definition) is 5. The van der Waals surface area contributed by atoms with Gasteiger partial charge in [0.05, 0.1) is 40.6 Å². The average molecular weight is 716 g/mol. The smallest absolute Gasteiger partial charge is 0.218 e. The van der Waals surface area contributed by atoms with Crippen LogP contribution >= 0.6 is 0 Å². The van der Waals surface area contributed by atoms with E-state index in [1.807, 2.05) is 24.6 Å². The van der Waals surface area contributed by atoms with Gasteiger partial charge in [0, 0.05) is 32.0 Å². The van der Waals surface area contributed by atoms with Crippen molar-refractivity contribution in [3.8, 4) is 0 Å². The minimum absolute atomic E-state index is 0.0116. The first-order valence-corrected chi connectivity index (χ1v) is 21.8. The molecule has 3 rings (SSSR count). The molecule has 0 amide bonds. The van der Waals surface area contributed by atoms with Crippen LogP contribution in [0, 0.1) is 0 Å². The van der Waals surface area contributed by atoms with Crippen LogP contribution in [0.5, 0.6) is 0 Å². The fourth-order valence-electron chi connectivity index (χ4n) is 7.39. The van der Waals surface area contributed by atoms with Crippen LogP contribution in [-0.4, -0.2) is 58.6 Å². The molecule has 0 fully saturated rings. The summed E-state index contributed by atoms with van der Waals surface area (Å²) in [6.45, 7) is 13.2. The Balaban J connectivity index is 1.67. The summed E-state index contributed by atoms with van der Waals surface area (Å²) in [6, 6.07) is 3.99. The van der Waals surface area contributed by atoms with E-state index in [1.54, 1.807) is 0 Å². The normalized spacial score (nSPS) is 15.5. The minimum atomic E-state index is -0.176. The number of carbonyl (C=O) groups excluding carboxylic acids is 1. The maximum Gasteiger partial charge on any atom is 0.218 e. The third-order valence-electron chi connectivity index (χ3n) is 10.8. The van der Waals surface area contributed by atoms with Crippen LogP contribution in [0.1, 0.15) is 187 Å². The van der Waals surface area contributed by atoms with Gasteiger partial charge >= 0.3 is 0 Å². The number of dihydropyridines is 1. The van der Waals surface area contributed by atoms with Gasteiger partial charge in [0.25, 0.3) is 0 Å². The second-order valence-electron chi connectivity index (χ2n) is 15.3. The topological polar surface area (TPSA) is 68.8 Å². The molecule has 1 aromatic rings. The van der Waals surface area contributed by atoms with Crippen molar-refractivity contribution in [1.29, 1.82) is 0 Å². The van der Waals surface area contributed by atoms with Gasteiger partial charge in [-0.3, -0.25) is 9.78 Å². The number of aliphatic hydroxyl groups excluding tert-OH is 1. The third-order valence-corrected chi connectivity index (χ3v) is 10.8. The highest BCUT2D eigenvalue weighted by Gasteiger charge is 2.38. The summed E-state index contributed by atoms with van der Waals surface area (Å²) in [4.78, 5) is 25.3. The molecule has 2 heterocycles. The van der Waals surface area contributed by atoms with E-state index >= 15 is 0 Å². The number of Topliss-reactive ketones (excluding diaryl/α,β-unsaturated/α-hetero) is 1. The number of allylic oxidation sites excluding steroid dienone is 4. The van der Waals surface area contributed by atoms with Crippen molar-refractivity contribution in [3.63, 3.8) is 0 Å². The molecule has 0 saturated carbocycles. The molecule has 52 heavy (non-hydrogen) atoms. The molecule has 1 N–H and O–H groups in total. The van der Waals surface area contributed by atoms with Crippen LogP contribution in [0.25, 0.3) is 5.57 Å². The number of carbonyl (C=O) groups is 1. The number of hydrogen-bond donors (Lipinski definition) is 1. The summed E-state index contributed by atoms with van der Waals surface area (Å²) in [5.41, 5.74) is 3.89. The van der Waals surface area contributed by atoms with Gasteiger partial charge in [0.15, 0.2) is 0 Å². The van der Waals surface area contributed by atoms with E-state index in [1.165, 1.54) is 154 Å². The van der Waals surface area contributed by atoms with Crippen LogP contribution in [-0.2, 0) is 4.79 Å². The summed E-state index contributed by atoms with van der Waals surface area (Å²) < 4.78 is 2.47. The SMILES string of the molecule is CCCCCCCCN(CCCCCCCC)c1ccc(C2=C(O)C(=C3C=CC(=[N+](CCCCCCCC)CCCCCCCC)C=N3)C2=O)nc1. The molecule has 0 saturated heterocycles. The van der Waals surface area contributed by atoms with Crippen molar-refractivity contribution in [3.05, 3.63) is 53.2 Å². The van der Waals surface area contributed by atoms with Gasteiger partial charge < -0.3 is 10.0 Å². The van der Waals surface area contributed by atoms with Crippen LogP contribution in [0.15, 0.2) is 52.5 Å². The van der Waals surface area contributed by atoms with Crippen molar-refractivity contribution < 1.29 is 14.5 Å². The first-order valence-electron chi connectivity index (χ1n) is 21.8. The molecule has 1 aliphatic heterocycles. The first kappa shape index (κ1) is 43.4. The molecule has 0 aromatic carbocycles. The Morgan fingerprint density at radius 2 is 1.08 bits per heavy atom. The standard InChI is InChI=1S/C46H74N4O2/c1-5-9-13-17-21-25-33-49(34-26-22-18-14-10-6-2)39-29-31-41(47-37-39)43-45(51)44(46(43)52)42-32-30-40(38-48-42)50(35-27-23-19-15-11-7-3)36-28-24-20-16-12-8-4/h29-32,37-38H,5-28,33-36H2,1-4H3/p+1. The van der Waals surface area contributed by atoms with Crippen molar-refractivity contribution in [2.75, 3.05) is 31.1 Å². The van der Waals surface area contributed by atoms with E-state index in [4.69, 9.17) is 9.98 Å². The van der Waals surface area contributed by atoms with E-state index in [9.17, 15) is 9.90 Å². The number of aliphatic hydroxyl groups is 1. The number of nitrogens with zero attached hydrogens (tertiary/aromatic N) is 4. The number of rotatable bonds is 30. The van der Waals surface area contributed by atoms with Gasteiger partial charge in [0.1, 0.15) is 18.8 Å². The molecule has 0 spiro atoms. The highest BCUT2D eigenvalue weighted by atomic mass is 16.3. The average Bonchev–Trinajstić information content (AvgIpc) is 3.16. The molecule has 0 bridgehead atoms. The van der Waals surface area contributed by atoms with Gasteiger partial charge in [-0.1, -0.05) is 143 Å². The molecule has 6 heteroatoms. The van der Waals surface area contributed by atoms with Crippen LogP contribution < -0.4 is 4.90 Å². The predicted molar refractivity (Wildman–Crippen MR) is 224 cm³/mol. The molecule has 0 radical (unpaired) electrons. The lowest BCUT2D eigenvalue weighted by Gasteiger charge is -2.26. The zero-order valence-electron chi connectivity index (χ0n) is 33.9. The molecule has 0 unspecified atom stereocenters. The lowest BCUT2D eigenvalue weighted by molar-refractivity contribution is -0.526. The second kappa shape index (κ2) is 26.7. The molecule has 1 aromatic heterocycles. The maximum atomic E-state index is 13.5. The monoisotopic (exact) mass is 716 g/mol. The summed E-state index contributed by atoms with van der Waals surface area (Å²) in [7, 11) is 0. The number of anilines is 1. The van der Waals surface area contributed by atoms with Gasteiger partial charge in [-0.15, -0.1) is 0 Å². The Labute approximate surface area is 318 Å². The molecule has 0 atom stereocenters. The zero-order chi connectivity index (χ0) is 37.2. The molecule has 6 nitrogen and oxygen atoms in total. The molecule has 2 aliphatic rings. The number of pyridine rings is 1. The Morgan fingerprint density at radius 1 is 0.596 bits per heavy atom. The van der Waals surface area contributed by atoms with E-state index in [-0.39, 0.29) is 11.5 Å². The molecular formula is C46H75N4O2+. The maximum absolute atomic E-state index is 13.5. The van der Waals surface area contributed by atoms with E-state index in [0.717, 1.165) is 37.6 Å². The number of unbranched alkanes of at least 4 members (excludes halogenated alkanes) is 20. The quantitative estimate of drug-likeness (QED) is 0.0489. The Morgan fingerprint density at radius 3 is 1.50 bits per heavy atom. The Bertz CT molecular complexity index is 1270. The van der Waals surface area contributed by atoms with Gasteiger partial charge in [-0.05, 0) is 43.9 Å². The van der Waals surface area contributed by atoms with Gasteiger partial charge in [-0.2, -0.15) is 0 Å². The Hall–Kier alpha value is -3.02. The van der Waals surface area contributed by atoms with E-state index < -0.39 is 0 Å². The third kappa shape index (κ3) is 15.1. The first-order chi connectivity index (χ1) is 25.5. The fourth-order valence-corrected chi connectivity index (χ4v) is 7.39. The van der Waals surface area contributed by atoms with Crippen LogP contribution in [0.2, 0.25) is 0 Å². The van der Waals surface area contributed by atoms with Gasteiger partial charge in [0.2, 0.25) is 11.5 Å². The van der Waals surface area contributed by atoms with E-state index in [2.05, 4.69) is 49.3 Å². The summed E-state index contributed by atoms with van der Waals surface area (Å²) in [5, 5.41) is 11.1. The minimum Gasteiger partial charge on any atom is -0.506 e. The lowest BCUT2D eigenvalue weighted by Crippen LogP contribution is -2.27. The zero-order valence-corrected chi connectivity index (χ0v) is 33.9. The molecular weight excluding hydrogens is 641 g/mol. The lowest BCUT2D eigenvalue weighted by atomic mass is 9.84. The Kier molecular flexibility index (Phi) is 22.3. The highest BCUT2D eigenvalue weighted by Crippen LogP contribution is 2.38. The van der Waals surface area contributed by atoms with Crippen molar-refractivity contribution >= 4 is 29.0 Å². The number of aromatic nitrogens is 1. The summed E-state index contributed by atoms with van der Waals surface area (Å²) in [5.74, 6) is -0.164. The van der Waals surface area contributed by atoms with Crippen LogP contribution in [0.3, 0.4) is 0 Å². The van der Waals surface area contributed by atoms with Gasteiger partial charge in [-0.25, -0.2) is 9.57 Å². The largest absolute Gasteiger partial charge is 0.506 e. The van der Waals surface area contributed by atoms with Crippen molar-refractivity contribution in [2.45, 2.75) is 182 Å². The summed E-state index contributed by atoms with van der Waals surface area (Å²) >= 11 is 0. The highest BCUT2D eigenvalue weighted by molar-refractivity contribution is 6.40. The second-order valence-corrected chi connectivity index (χ2v) is 15.3. The number of ketones is 1. The van der Waals surface area contributed by atoms with Crippen LogP contribution in [0.4, 0.5) is 5.69 Å². The number of aliphatic imine (C=N–C) groups is 1. The summed E-state index contributed by atoms with van der Waals surface area (Å²) in [6.07, 6.45) is 38.5. The molecule has 1 aliphatic carbocycles.